The van der Waals surface area contributed by atoms with E-state index in [0.717, 1.165) is 35.1 Å². The maximum Gasteiger partial charge on any atom is 0.264 e. The number of rotatable bonds is 13. The lowest BCUT2D eigenvalue weighted by atomic mass is 10.1. The summed E-state index contributed by atoms with van der Waals surface area (Å²) in [5.74, 6) is 0.858. The maximum atomic E-state index is 13.9. The maximum absolute atomic E-state index is 13.9. The number of hydrogen-bond acceptors (Lipinski definition) is 7. The number of sulfonamides is 1. The third-order valence-electron chi connectivity index (χ3n) is 6.85. The number of carbonyl (C=O) groups is 1. The number of likely N-dealkylation sites (tertiary alicyclic amines) is 1. The first-order valence-electron chi connectivity index (χ1n) is 13.4. The molecule has 0 saturated carbocycles. The number of ether oxygens (including phenoxy) is 3. The molecule has 1 aliphatic rings. The van der Waals surface area contributed by atoms with Crippen LogP contribution in [0.1, 0.15) is 30.9 Å². The van der Waals surface area contributed by atoms with Gasteiger partial charge in [0.15, 0.2) is 11.5 Å². The van der Waals surface area contributed by atoms with Gasteiger partial charge in [-0.3, -0.25) is 14.0 Å². The Kier molecular flexibility index (Phi) is 9.89. The second-order valence-electron chi connectivity index (χ2n) is 9.48. The number of methoxy groups -OCH3 is 2. The predicted octanol–water partition coefficient (Wildman–Crippen LogP) is 4.21. The number of nitrogens with zero attached hydrogens (tertiary/aromatic N) is 2. The number of hydrogen-bond donors (Lipinski definition) is 1. The van der Waals surface area contributed by atoms with Gasteiger partial charge in [-0.1, -0.05) is 24.3 Å². The smallest absolute Gasteiger partial charge is 0.264 e. The van der Waals surface area contributed by atoms with Crippen LogP contribution in [0.2, 0.25) is 0 Å². The Hall–Kier alpha value is -3.76. The van der Waals surface area contributed by atoms with Gasteiger partial charge >= 0.3 is 0 Å². The summed E-state index contributed by atoms with van der Waals surface area (Å²) in [7, 11) is -1.23. The standard InChI is InChI=1S/C30H37N3O6S/c1-4-39-26-13-11-25(12-14-26)33(40(35,36)27-15-16-28(37-2)29(19-27)38-3)22-30(34)31-20-23-9-5-6-10-24(23)21-32-17-7-8-18-32/h5-6,9-16,19H,4,7-8,17-18,20-22H2,1-3H3,(H,31,34). The zero-order valence-corrected chi connectivity index (χ0v) is 24.1. The highest BCUT2D eigenvalue weighted by molar-refractivity contribution is 7.92. The molecule has 0 aliphatic carbocycles. The van der Waals surface area contributed by atoms with E-state index < -0.39 is 22.5 Å². The van der Waals surface area contributed by atoms with Crippen LogP contribution >= 0.6 is 0 Å². The molecule has 3 aromatic carbocycles. The second kappa shape index (κ2) is 13.5. The molecule has 0 radical (unpaired) electrons. The van der Waals surface area contributed by atoms with Crippen LogP contribution in [0.15, 0.2) is 71.6 Å². The summed E-state index contributed by atoms with van der Waals surface area (Å²) in [5.41, 5.74) is 2.51. The summed E-state index contributed by atoms with van der Waals surface area (Å²) in [5, 5.41) is 2.93. The molecule has 4 rings (SSSR count). The molecule has 40 heavy (non-hydrogen) atoms. The highest BCUT2D eigenvalue weighted by Gasteiger charge is 2.28. The number of anilines is 1. The van der Waals surface area contributed by atoms with Gasteiger partial charge in [-0.05, 0) is 80.4 Å². The Bertz CT molecular complexity index is 1390. The highest BCUT2D eigenvalue weighted by atomic mass is 32.2. The largest absolute Gasteiger partial charge is 0.494 e. The van der Waals surface area contributed by atoms with Gasteiger partial charge in [0, 0.05) is 19.2 Å². The van der Waals surface area contributed by atoms with Gasteiger partial charge < -0.3 is 19.5 Å². The third kappa shape index (κ3) is 7.05. The second-order valence-corrected chi connectivity index (χ2v) is 11.3. The molecule has 214 valence electrons. The number of amides is 1. The van der Waals surface area contributed by atoms with Crippen molar-refractivity contribution in [1.29, 1.82) is 0 Å². The van der Waals surface area contributed by atoms with E-state index in [9.17, 15) is 13.2 Å². The summed E-state index contributed by atoms with van der Waals surface area (Å²) < 4.78 is 44.9. The van der Waals surface area contributed by atoms with E-state index in [1.807, 2.05) is 25.1 Å². The lowest BCUT2D eigenvalue weighted by molar-refractivity contribution is -0.119. The molecule has 0 unspecified atom stereocenters. The Morgan fingerprint density at radius 3 is 2.25 bits per heavy atom. The number of carbonyl (C=O) groups excluding carboxylic acids is 1. The van der Waals surface area contributed by atoms with E-state index >= 15 is 0 Å². The van der Waals surface area contributed by atoms with Gasteiger partial charge in [-0.2, -0.15) is 0 Å². The lowest BCUT2D eigenvalue weighted by Gasteiger charge is -2.25. The van der Waals surface area contributed by atoms with E-state index in [1.54, 1.807) is 24.3 Å². The minimum Gasteiger partial charge on any atom is -0.494 e. The van der Waals surface area contributed by atoms with E-state index in [4.69, 9.17) is 14.2 Å². The fourth-order valence-electron chi connectivity index (χ4n) is 4.74. The first-order chi connectivity index (χ1) is 19.3. The van der Waals surface area contributed by atoms with Crippen LogP contribution in [0.3, 0.4) is 0 Å². The molecule has 3 aromatic rings. The third-order valence-corrected chi connectivity index (χ3v) is 8.62. The fourth-order valence-corrected chi connectivity index (χ4v) is 6.18. The first-order valence-corrected chi connectivity index (χ1v) is 14.8. The van der Waals surface area contributed by atoms with Crippen LogP contribution in [0.25, 0.3) is 0 Å². The zero-order chi connectivity index (χ0) is 28.5. The summed E-state index contributed by atoms with van der Waals surface area (Å²) in [6.45, 7) is 5.23. The normalized spacial score (nSPS) is 13.6. The summed E-state index contributed by atoms with van der Waals surface area (Å²) in [4.78, 5) is 15.6. The van der Waals surface area contributed by atoms with Gasteiger partial charge in [0.05, 0.1) is 31.4 Å². The van der Waals surface area contributed by atoms with Crippen LogP contribution in [0.4, 0.5) is 5.69 Å². The molecule has 0 atom stereocenters. The predicted molar refractivity (Wildman–Crippen MR) is 154 cm³/mol. The molecule has 1 amide bonds. The van der Waals surface area contributed by atoms with Gasteiger partial charge in [-0.25, -0.2) is 8.42 Å². The van der Waals surface area contributed by atoms with Crippen molar-refractivity contribution in [3.8, 4) is 17.2 Å². The lowest BCUT2D eigenvalue weighted by Crippen LogP contribution is -2.40. The van der Waals surface area contributed by atoms with Crippen molar-refractivity contribution in [3.05, 3.63) is 77.9 Å². The van der Waals surface area contributed by atoms with E-state index in [0.29, 0.717) is 30.3 Å². The SMILES string of the molecule is CCOc1ccc(N(CC(=O)NCc2ccccc2CN2CCCC2)S(=O)(=O)c2ccc(OC)c(OC)c2)cc1. The van der Waals surface area contributed by atoms with Crippen molar-refractivity contribution in [2.45, 2.75) is 37.8 Å². The molecule has 1 fully saturated rings. The van der Waals surface area contributed by atoms with Crippen molar-refractivity contribution in [2.75, 3.05) is 44.8 Å². The van der Waals surface area contributed by atoms with E-state index in [2.05, 4.69) is 16.3 Å². The molecule has 1 N–H and O–H groups in total. The molecule has 0 spiro atoms. The van der Waals surface area contributed by atoms with Gasteiger partial charge in [0.25, 0.3) is 10.0 Å². The monoisotopic (exact) mass is 567 g/mol. The molecular weight excluding hydrogens is 530 g/mol. The molecular formula is C30H37N3O6S. The van der Waals surface area contributed by atoms with Crippen LogP contribution in [0, 0.1) is 0 Å². The highest BCUT2D eigenvalue weighted by Crippen LogP contribution is 2.32. The van der Waals surface area contributed by atoms with Crippen molar-refractivity contribution in [2.24, 2.45) is 0 Å². The topological polar surface area (TPSA) is 97.4 Å². The van der Waals surface area contributed by atoms with Gasteiger partial charge in [0.1, 0.15) is 12.3 Å². The summed E-state index contributed by atoms with van der Waals surface area (Å²) >= 11 is 0. The van der Waals surface area contributed by atoms with Gasteiger partial charge in [-0.15, -0.1) is 0 Å². The van der Waals surface area contributed by atoms with Gasteiger partial charge in [0.2, 0.25) is 5.91 Å². The van der Waals surface area contributed by atoms with Crippen molar-refractivity contribution >= 4 is 21.6 Å². The van der Waals surface area contributed by atoms with Crippen molar-refractivity contribution in [1.82, 2.24) is 10.2 Å². The average Bonchev–Trinajstić information content (AvgIpc) is 3.49. The number of benzene rings is 3. The van der Waals surface area contributed by atoms with E-state index in [-0.39, 0.29) is 10.6 Å². The average molecular weight is 568 g/mol. The minimum absolute atomic E-state index is 0.0252. The Morgan fingerprint density at radius 1 is 0.925 bits per heavy atom. The first kappa shape index (κ1) is 29.2. The molecule has 1 aliphatic heterocycles. The number of nitrogens with one attached hydrogen (secondary N) is 1. The molecule has 10 heteroatoms. The molecule has 0 aromatic heterocycles. The summed E-state index contributed by atoms with van der Waals surface area (Å²) in [6, 6.07) is 19.0. The van der Waals surface area contributed by atoms with Crippen molar-refractivity contribution in [3.63, 3.8) is 0 Å². The fraction of sp³-hybridized carbons (Fsp3) is 0.367. The zero-order valence-electron chi connectivity index (χ0n) is 23.3. The Morgan fingerprint density at radius 2 is 1.60 bits per heavy atom. The van der Waals surface area contributed by atoms with E-state index in [1.165, 1.54) is 45.3 Å². The van der Waals surface area contributed by atoms with Crippen molar-refractivity contribution < 1.29 is 27.4 Å². The molecule has 1 heterocycles. The Labute approximate surface area is 236 Å². The van der Waals surface area contributed by atoms with Crippen LogP contribution in [0.5, 0.6) is 17.2 Å². The minimum atomic E-state index is -4.15. The molecule has 1 saturated heterocycles. The summed E-state index contributed by atoms with van der Waals surface area (Å²) in [6.07, 6.45) is 2.41. The molecule has 0 bridgehead atoms. The Balaban J connectivity index is 1.57. The quantitative estimate of drug-likeness (QED) is 0.331. The van der Waals surface area contributed by atoms with Crippen LogP contribution in [-0.4, -0.2) is 59.7 Å². The van der Waals surface area contributed by atoms with Crippen LogP contribution in [-0.2, 0) is 27.9 Å². The molecule has 9 nitrogen and oxygen atoms in total. The van der Waals surface area contributed by atoms with Crippen LogP contribution < -0.4 is 23.8 Å².